The molecule has 0 atom stereocenters. The lowest BCUT2D eigenvalue weighted by atomic mass is 10.2. The molecule has 0 aliphatic rings. The average molecular weight is 292 g/mol. The highest BCUT2D eigenvalue weighted by Crippen LogP contribution is 2.00. The second-order valence-corrected chi connectivity index (χ2v) is 4.18. The van der Waals surface area contributed by atoms with E-state index in [1.165, 1.54) is 6.92 Å². The molecule has 0 saturated carbocycles. The molecular weight excluding hydrogens is 276 g/mol. The van der Waals surface area contributed by atoms with Gasteiger partial charge in [-0.1, -0.05) is 36.9 Å². The number of ether oxygens (including phenoxy) is 3. The van der Waals surface area contributed by atoms with Crippen molar-refractivity contribution in [3.05, 3.63) is 48.0 Å². The van der Waals surface area contributed by atoms with E-state index in [1.54, 1.807) is 0 Å². The monoisotopic (exact) mass is 292 g/mol. The lowest BCUT2D eigenvalue weighted by molar-refractivity contribution is -0.168. The molecule has 6 heteroatoms. The Morgan fingerprint density at radius 2 is 1.67 bits per heavy atom. The van der Waals surface area contributed by atoms with Crippen molar-refractivity contribution in [2.45, 2.75) is 13.5 Å². The molecule has 0 amide bonds. The van der Waals surface area contributed by atoms with Crippen molar-refractivity contribution in [2.75, 3.05) is 13.2 Å². The zero-order chi connectivity index (χ0) is 15.7. The molecule has 0 heterocycles. The molecule has 1 aromatic rings. The third-order valence-corrected chi connectivity index (χ3v) is 2.23. The van der Waals surface area contributed by atoms with Crippen LogP contribution in [0.25, 0.3) is 0 Å². The van der Waals surface area contributed by atoms with Crippen molar-refractivity contribution < 1.29 is 28.6 Å². The van der Waals surface area contributed by atoms with Gasteiger partial charge < -0.3 is 14.2 Å². The Bertz CT molecular complexity index is 520. The zero-order valence-electron chi connectivity index (χ0n) is 11.7. The predicted molar refractivity (Wildman–Crippen MR) is 73.0 cm³/mol. The highest BCUT2D eigenvalue weighted by molar-refractivity contribution is 5.91. The fraction of sp³-hybridized carbons (Fsp3) is 0.267. The first kappa shape index (κ1) is 16.6. The van der Waals surface area contributed by atoms with E-state index in [0.717, 1.165) is 5.56 Å². The van der Waals surface area contributed by atoms with E-state index in [1.807, 2.05) is 30.3 Å². The van der Waals surface area contributed by atoms with Gasteiger partial charge in [-0.3, -0.25) is 0 Å². The van der Waals surface area contributed by atoms with E-state index in [4.69, 9.17) is 4.74 Å². The summed E-state index contributed by atoms with van der Waals surface area (Å²) < 4.78 is 14.0. The van der Waals surface area contributed by atoms with Crippen LogP contribution in [0.2, 0.25) is 0 Å². The molecule has 1 aromatic carbocycles. The largest absolute Gasteiger partial charge is 0.450 e. The van der Waals surface area contributed by atoms with E-state index in [9.17, 15) is 14.4 Å². The molecule has 0 fully saturated rings. The molecule has 21 heavy (non-hydrogen) atoms. The number of carbonyl (C=O) groups excluding carboxylic acids is 3. The van der Waals surface area contributed by atoms with Crippen molar-refractivity contribution >= 4 is 17.9 Å². The molecule has 6 nitrogen and oxygen atoms in total. The molecule has 0 spiro atoms. The van der Waals surface area contributed by atoms with Crippen molar-refractivity contribution in [1.82, 2.24) is 0 Å². The van der Waals surface area contributed by atoms with Crippen LogP contribution in [0.3, 0.4) is 0 Å². The smallest absolute Gasteiger partial charge is 0.351 e. The summed E-state index contributed by atoms with van der Waals surface area (Å²) in [5.74, 6) is -2.53. The quantitative estimate of drug-likeness (QED) is 0.429. The summed E-state index contributed by atoms with van der Waals surface area (Å²) in [6.45, 7) is 4.01. The number of benzene rings is 1. The summed E-state index contributed by atoms with van der Waals surface area (Å²) in [5.41, 5.74) is 1.05. The van der Waals surface area contributed by atoms with Crippen LogP contribution in [0.1, 0.15) is 12.5 Å². The van der Waals surface area contributed by atoms with Gasteiger partial charge in [0.15, 0.2) is 6.61 Å². The average Bonchev–Trinajstić information content (AvgIpc) is 2.45. The SMILES string of the molecule is C=C(C)C(=O)OCC(=O)OC(=O)COCc1ccccc1. The summed E-state index contributed by atoms with van der Waals surface area (Å²) in [4.78, 5) is 33.5. The van der Waals surface area contributed by atoms with E-state index in [2.05, 4.69) is 16.1 Å². The molecule has 0 aromatic heterocycles. The maximum atomic E-state index is 11.3. The van der Waals surface area contributed by atoms with Crippen LogP contribution in [0.15, 0.2) is 42.5 Å². The van der Waals surface area contributed by atoms with Gasteiger partial charge in [0.05, 0.1) is 6.61 Å². The molecule has 1 rings (SSSR count). The summed E-state index contributed by atoms with van der Waals surface area (Å²) >= 11 is 0. The molecule has 0 aliphatic heterocycles. The lowest BCUT2D eigenvalue weighted by Gasteiger charge is -2.05. The van der Waals surface area contributed by atoms with Gasteiger partial charge in [0, 0.05) is 5.57 Å². The summed E-state index contributed by atoms with van der Waals surface area (Å²) in [5, 5.41) is 0. The van der Waals surface area contributed by atoms with Crippen LogP contribution in [-0.2, 0) is 35.2 Å². The number of hydrogen-bond donors (Lipinski definition) is 0. The van der Waals surface area contributed by atoms with Crippen LogP contribution in [0.5, 0.6) is 0 Å². The van der Waals surface area contributed by atoms with E-state index < -0.39 is 24.5 Å². The van der Waals surface area contributed by atoms with E-state index in [0.29, 0.717) is 0 Å². The maximum Gasteiger partial charge on any atom is 0.351 e. The first-order valence-corrected chi connectivity index (χ1v) is 6.17. The third kappa shape index (κ3) is 7.03. The second-order valence-electron chi connectivity index (χ2n) is 4.18. The number of carbonyl (C=O) groups is 3. The highest BCUT2D eigenvalue weighted by Gasteiger charge is 2.13. The first-order chi connectivity index (χ1) is 9.99. The molecule has 0 N–H and O–H groups in total. The maximum absolute atomic E-state index is 11.3. The van der Waals surface area contributed by atoms with Gasteiger partial charge in [-0.05, 0) is 12.5 Å². The Hall–Kier alpha value is -2.47. The molecular formula is C15H16O6. The van der Waals surface area contributed by atoms with Gasteiger partial charge in [0.2, 0.25) is 0 Å². The van der Waals surface area contributed by atoms with Crippen molar-refractivity contribution in [3.63, 3.8) is 0 Å². The minimum atomic E-state index is -0.960. The van der Waals surface area contributed by atoms with Gasteiger partial charge in [-0.25, -0.2) is 14.4 Å². The molecule has 0 radical (unpaired) electrons. The third-order valence-electron chi connectivity index (χ3n) is 2.23. The number of hydrogen-bond acceptors (Lipinski definition) is 6. The van der Waals surface area contributed by atoms with Gasteiger partial charge >= 0.3 is 17.9 Å². The van der Waals surface area contributed by atoms with Crippen LogP contribution in [0, 0.1) is 0 Å². The molecule has 0 aliphatic carbocycles. The van der Waals surface area contributed by atoms with Crippen LogP contribution < -0.4 is 0 Å². The van der Waals surface area contributed by atoms with Crippen LogP contribution in [0.4, 0.5) is 0 Å². The minimum absolute atomic E-state index is 0.153. The normalized spacial score (nSPS) is 9.76. The minimum Gasteiger partial charge on any atom is -0.450 e. The Morgan fingerprint density at radius 3 is 2.29 bits per heavy atom. The Balaban J connectivity index is 2.19. The summed E-state index contributed by atoms with van der Waals surface area (Å²) in [7, 11) is 0. The predicted octanol–water partition coefficient (Wildman–Crippen LogP) is 1.39. The molecule has 0 unspecified atom stereocenters. The van der Waals surface area contributed by atoms with Crippen LogP contribution >= 0.6 is 0 Å². The summed E-state index contributed by atoms with van der Waals surface area (Å²) in [6.07, 6.45) is 0. The first-order valence-electron chi connectivity index (χ1n) is 6.17. The van der Waals surface area contributed by atoms with Gasteiger partial charge in [-0.15, -0.1) is 0 Å². The standard InChI is InChI=1S/C15H16O6/c1-11(2)15(18)20-10-14(17)21-13(16)9-19-8-12-6-4-3-5-7-12/h3-7H,1,8-10H2,2H3. The molecule has 112 valence electrons. The van der Waals surface area contributed by atoms with Crippen molar-refractivity contribution in [1.29, 1.82) is 0 Å². The Labute approximate surface area is 122 Å². The fourth-order valence-electron chi connectivity index (χ4n) is 1.26. The van der Waals surface area contributed by atoms with E-state index in [-0.39, 0.29) is 18.8 Å². The van der Waals surface area contributed by atoms with E-state index >= 15 is 0 Å². The molecule has 0 bridgehead atoms. The fourth-order valence-corrected chi connectivity index (χ4v) is 1.26. The number of esters is 3. The zero-order valence-corrected chi connectivity index (χ0v) is 11.7. The second kappa shape index (κ2) is 8.65. The Kier molecular flexibility index (Phi) is 6.83. The number of rotatable bonds is 7. The topological polar surface area (TPSA) is 78.9 Å². The van der Waals surface area contributed by atoms with Crippen molar-refractivity contribution in [2.24, 2.45) is 0 Å². The van der Waals surface area contributed by atoms with Gasteiger partial charge in [0.1, 0.15) is 6.61 Å². The lowest BCUT2D eigenvalue weighted by Crippen LogP contribution is -2.22. The van der Waals surface area contributed by atoms with Gasteiger partial charge in [-0.2, -0.15) is 0 Å². The summed E-state index contributed by atoms with van der Waals surface area (Å²) in [6, 6.07) is 9.23. The van der Waals surface area contributed by atoms with Crippen molar-refractivity contribution in [3.8, 4) is 0 Å². The highest BCUT2D eigenvalue weighted by atomic mass is 16.6. The van der Waals surface area contributed by atoms with Crippen LogP contribution in [-0.4, -0.2) is 31.1 Å². The Morgan fingerprint density at radius 1 is 1.05 bits per heavy atom. The molecule has 0 saturated heterocycles. The van der Waals surface area contributed by atoms with Gasteiger partial charge in [0.25, 0.3) is 0 Å².